The number of rotatable bonds is 13. The van der Waals surface area contributed by atoms with E-state index in [0.29, 0.717) is 85.0 Å². The Morgan fingerprint density at radius 3 is 1.17 bits per heavy atom. The van der Waals surface area contributed by atoms with Crippen LogP contribution in [0.4, 0.5) is 53.3 Å². The Bertz CT molecular complexity index is 3530. The van der Waals surface area contributed by atoms with Gasteiger partial charge in [-0.1, -0.05) is 130 Å². The minimum atomic E-state index is -0.608. The normalized spacial score (nSPS) is 10.0. The van der Waals surface area contributed by atoms with Crippen LogP contribution in [0.1, 0.15) is 137 Å². The van der Waals surface area contributed by atoms with Crippen molar-refractivity contribution in [1.82, 2.24) is 15.5 Å². The Hall–Kier alpha value is -2.73. The fourth-order valence-corrected chi connectivity index (χ4v) is 8.02. The first kappa shape index (κ1) is 117. The predicted octanol–water partition coefficient (Wildman–Crippen LogP) is 24.7. The third kappa shape index (κ3) is 63.9. The van der Waals surface area contributed by atoms with Gasteiger partial charge in [-0.15, -0.1) is 0 Å². The molecule has 0 heterocycles. The number of anilines is 6. The zero-order valence-corrected chi connectivity index (χ0v) is 80.0. The molecule has 0 bridgehead atoms. The Morgan fingerprint density at radius 2 is 0.811 bits per heavy atom. The second-order valence-corrected chi connectivity index (χ2v) is 62.0. The van der Waals surface area contributed by atoms with Crippen LogP contribution >= 0.6 is 175 Å². The number of hydrogen-bond donors (Lipinski definition) is 8. The fourth-order valence-electron chi connectivity index (χ4n) is 6.95. The van der Waals surface area contributed by atoms with E-state index >= 15 is 0 Å². The van der Waals surface area contributed by atoms with Gasteiger partial charge in [0.15, 0.2) is 6.29 Å². The van der Waals surface area contributed by atoms with Crippen molar-refractivity contribution in [2.45, 2.75) is 147 Å². The second-order valence-electron chi connectivity index (χ2n) is 24.1. The van der Waals surface area contributed by atoms with Crippen LogP contribution in [0.5, 0.6) is 0 Å². The van der Waals surface area contributed by atoms with Crippen molar-refractivity contribution >= 4 is 246 Å². The average Bonchev–Trinajstić information content (AvgIpc) is 0.697. The molecule has 106 heavy (non-hydrogen) atoms. The first-order chi connectivity index (χ1) is 47.9. The van der Waals surface area contributed by atoms with E-state index in [1.807, 2.05) is 122 Å². The second kappa shape index (κ2) is 64.8. The largest absolute Gasteiger partial charge is 0 e. The monoisotopic (exact) mass is 2230 g/mol. The summed E-state index contributed by atoms with van der Waals surface area (Å²) < 4.78 is 20.5. The summed E-state index contributed by atoms with van der Waals surface area (Å²) in [6.07, 6.45) is 0.197. The number of ether oxygens (including phenoxy) is 4. The van der Waals surface area contributed by atoms with Crippen LogP contribution in [0.15, 0.2) is 120 Å². The maximum Gasteiger partial charge on any atom is 0 e. The van der Waals surface area contributed by atoms with Crippen molar-refractivity contribution in [1.29, 1.82) is 5.26 Å². The molecule has 1 radical (unpaired) electrons. The van der Waals surface area contributed by atoms with E-state index in [9.17, 15) is 24.0 Å². The number of nitrogens with two attached hydrogens (primary N) is 2. The van der Waals surface area contributed by atoms with Crippen LogP contribution in [0.2, 0.25) is 30.1 Å². The van der Waals surface area contributed by atoms with Gasteiger partial charge in [0.2, 0.25) is 0 Å². The maximum absolute atomic E-state index is 11.7. The number of nitrogen functional groups attached to an aromatic ring is 2. The summed E-state index contributed by atoms with van der Waals surface area (Å²) in [6, 6.07) is 34.8. The van der Waals surface area contributed by atoms with Gasteiger partial charge in [0.05, 0.1) is 24.0 Å². The number of amides is 4. The van der Waals surface area contributed by atoms with Crippen LogP contribution in [-0.4, -0.2) is 109 Å². The molecule has 20 nitrogen and oxygen atoms in total. The molecule has 0 saturated heterocycles. The van der Waals surface area contributed by atoms with Gasteiger partial charge in [0.1, 0.15) is 22.4 Å². The van der Waals surface area contributed by atoms with Gasteiger partial charge >= 0.3 is 89.2 Å². The van der Waals surface area contributed by atoms with Gasteiger partial charge in [-0.2, -0.15) is 12.2 Å². The number of benzene rings is 6. The number of nitriles is 1. The molecule has 0 aliphatic carbocycles. The first-order valence-electron chi connectivity index (χ1n) is 30.6. The number of aliphatic imine (C=N–C) groups is 1. The van der Waals surface area contributed by atoms with Crippen LogP contribution in [-0.2, 0) is 62.1 Å². The number of hydrogen-bond acceptors (Lipinski definition) is 16. The number of carbonyl (C=O) groups excluding carboxylic acids is 5. The molecule has 0 spiro atoms. The van der Waals surface area contributed by atoms with E-state index in [1.54, 1.807) is 126 Å². The standard InChI is InChI=1S/C13H19ClN2O2.C13H17ClN2O2.C12H14ClNO3.C11H14ClNO2.C10H12ClN3.C8H11ClN2.C2H5.2CH3I.2CH4.3HI.2V/c2*1-13(2,3)18-12(17)16-11-6-5-10(14)7-9(11)8-15-4;1-12(2,3)17-11(16)14-10-5-4-9(13)6-8(10)7-15;1-11(2,3)15-10(14)13-9-6-4-8(12)5-7-9;1-14(5-4-12)7-8-6-9(11)2-3-10(8)13;1-11-5-6-4-7(9)2-3-8(6)10;3*1-2;;;;;;;/h5-7,15H,8H2,1-4H3,(H,16,17);5-8H,1-4H3,(H,16,17);4-7H,1-3H3,(H,14,16);4-7H,1-3H3,(H,13,14);2-3,6H,5,7,13H2,1H3;2-4,11H,5,10H2,1H3;1H2,2H3;2*1H3;2*1H4;3*1H;;/q;;;;;;-1;;;;;;;;;+3/p-3. The molecule has 595 valence electrons. The van der Waals surface area contributed by atoms with E-state index in [-0.39, 0.29) is 38.3 Å². The molecule has 10 N–H and O–H groups in total. The molecule has 0 aromatic heterocycles. The molecule has 0 fully saturated rings. The van der Waals surface area contributed by atoms with Gasteiger partial charge in [-0.05, 0) is 246 Å². The van der Waals surface area contributed by atoms with Crippen LogP contribution in [0, 0.1) is 18.3 Å². The van der Waals surface area contributed by atoms with Gasteiger partial charge in [-0.25, -0.2) is 19.2 Å². The van der Waals surface area contributed by atoms with E-state index < -0.39 is 46.8 Å². The number of alkyl halides is 2. The number of nitrogens with zero attached hydrogens (tertiary/aromatic N) is 3. The predicted molar refractivity (Wildman–Crippen MR) is 490 cm³/mol. The van der Waals surface area contributed by atoms with E-state index in [2.05, 4.69) is 155 Å². The van der Waals surface area contributed by atoms with E-state index in [0.717, 1.165) is 39.5 Å². The van der Waals surface area contributed by atoms with E-state index in [1.165, 1.54) is 6.07 Å². The molecule has 0 aliphatic heterocycles. The first-order valence-corrected chi connectivity index (χ1v) is 50.7. The number of aldehydes is 1. The number of carbonyl (C=O) groups is 5. The summed E-state index contributed by atoms with van der Waals surface area (Å²) in [4.78, 5) is 66.4. The molecule has 33 heteroatoms. The molecule has 6 aromatic rings. The van der Waals surface area contributed by atoms with Crippen molar-refractivity contribution in [2.75, 3.05) is 77.3 Å². The SMILES string of the molecule is C.C.CC(C)(C)OC(=O)Nc1ccc(Cl)cc1.CC(C)(C)OC(=O)Nc1ccc(Cl)cc1C=O.CI.CI.CN(CC#N)Cc1cc(Cl)ccc1N.CN=Cc1cc(Cl)ccc1NC(=O)OC(C)(C)C.CNCc1cc(Cl)ccc1N.CNCc1cc(Cl)ccc1NC(=O)OC(C)(C)C.[CH2-]C.[I][V]([I])[I].[V]. The van der Waals surface area contributed by atoms with Gasteiger partial charge in [0.25, 0.3) is 0 Å². The summed E-state index contributed by atoms with van der Waals surface area (Å²) >= 11 is 46.6. The molecule has 0 unspecified atom stereocenters. The van der Waals surface area contributed by atoms with Crippen molar-refractivity contribution < 1.29 is 66.4 Å². The Labute approximate surface area is 739 Å². The average molecular weight is 2230 g/mol. The Balaban J connectivity index is -0.000000216. The quantitative estimate of drug-likeness (QED) is 0.00780. The van der Waals surface area contributed by atoms with Gasteiger partial charge < -0.3 is 48.0 Å². The third-order valence-electron chi connectivity index (χ3n) is 10.6. The number of halogens is 11. The molecular weight excluding hydrogens is 2120 g/mol. The topological polar surface area (TPSA) is 286 Å². The van der Waals surface area contributed by atoms with Crippen molar-refractivity contribution in [3.63, 3.8) is 0 Å². The van der Waals surface area contributed by atoms with Gasteiger partial charge in [0, 0.05) is 115 Å². The summed E-state index contributed by atoms with van der Waals surface area (Å²) in [5, 5.41) is 28.7. The van der Waals surface area contributed by atoms with Crippen molar-refractivity contribution in [3.05, 3.63) is 180 Å². The van der Waals surface area contributed by atoms with Crippen LogP contribution < -0.4 is 43.4 Å². The Kier molecular flexibility index (Phi) is 71.2. The smallest absolute Gasteiger partial charge is 0 e. The summed E-state index contributed by atoms with van der Waals surface area (Å²) in [7, 11) is 7.22. The number of nitrogens with one attached hydrogen (secondary N) is 6. The zero-order valence-electron chi connectivity index (χ0n) is 61.9. The van der Waals surface area contributed by atoms with Crippen LogP contribution in [0.3, 0.4) is 0 Å². The van der Waals surface area contributed by atoms with Gasteiger partial charge in [-0.3, -0.25) is 36.0 Å². The minimum absolute atomic E-state index is 0. The molecule has 0 saturated carbocycles. The fraction of sp³-hybridized carbons (Fsp3) is 0.397. The third-order valence-corrected chi connectivity index (χ3v) is 12.0. The molecule has 4 amide bonds. The minimum Gasteiger partial charge on any atom is 0 e. The summed E-state index contributed by atoms with van der Waals surface area (Å²) in [5.74, 6) is 0. The molecule has 0 aliphatic rings. The zero-order chi connectivity index (χ0) is 80.4. The molecular formula is C73H106Cl6I5N11O9V2-. The maximum atomic E-state index is 11.7. The van der Waals surface area contributed by atoms with Crippen molar-refractivity contribution in [3.8, 4) is 6.07 Å². The van der Waals surface area contributed by atoms with E-state index in [4.69, 9.17) is 105 Å². The Morgan fingerprint density at radius 1 is 0.519 bits per heavy atom. The summed E-state index contributed by atoms with van der Waals surface area (Å²) in [6.45, 7) is 29.0. The molecule has 0 atom stereocenters. The summed E-state index contributed by atoms with van der Waals surface area (Å²) in [5.41, 5.74) is 17.1. The van der Waals surface area contributed by atoms with Crippen molar-refractivity contribution in [2.24, 2.45) is 4.99 Å². The van der Waals surface area contributed by atoms with Crippen LogP contribution in [0.25, 0.3) is 0 Å². The molecule has 6 aromatic carbocycles. The molecule has 6 rings (SSSR count).